The monoisotopic (exact) mass is 460 g/mol. The van der Waals surface area contributed by atoms with E-state index in [1.807, 2.05) is 61.5 Å². The van der Waals surface area contributed by atoms with Crippen LogP contribution in [0.3, 0.4) is 0 Å². The van der Waals surface area contributed by atoms with Crippen LogP contribution >= 0.6 is 0 Å². The number of benzene rings is 3. The number of urea groups is 1. The van der Waals surface area contributed by atoms with Gasteiger partial charge in [0.2, 0.25) is 0 Å². The Bertz CT molecular complexity index is 1140. The fourth-order valence-electron chi connectivity index (χ4n) is 4.26. The Labute approximate surface area is 200 Å². The Kier molecular flexibility index (Phi) is 7.99. The molecule has 4 rings (SSSR count). The largest absolute Gasteiger partial charge is 0.382 e. The van der Waals surface area contributed by atoms with Gasteiger partial charge in [-0.15, -0.1) is 0 Å². The quantitative estimate of drug-likeness (QED) is 0.381. The van der Waals surface area contributed by atoms with Crippen molar-refractivity contribution in [3.05, 3.63) is 66.2 Å². The average molecular weight is 461 g/mol. The molecule has 1 saturated heterocycles. The van der Waals surface area contributed by atoms with Crippen molar-refractivity contribution in [2.75, 3.05) is 48.4 Å². The maximum Gasteiger partial charge on any atom is 0.323 e. The maximum atomic E-state index is 13.0. The van der Waals surface area contributed by atoms with E-state index in [0.29, 0.717) is 31.0 Å². The number of hydrogen-bond donors (Lipinski definition) is 3. The highest BCUT2D eigenvalue weighted by Gasteiger charge is 2.20. The van der Waals surface area contributed by atoms with Crippen LogP contribution in [-0.4, -0.2) is 44.8 Å². The minimum Gasteiger partial charge on any atom is -0.382 e. The Morgan fingerprint density at radius 2 is 1.76 bits per heavy atom. The van der Waals surface area contributed by atoms with Crippen LogP contribution in [0.2, 0.25) is 0 Å². The summed E-state index contributed by atoms with van der Waals surface area (Å²) in [5.74, 6) is -0.142. The maximum absolute atomic E-state index is 13.0. The molecule has 7 nitrogen and oxygen atoms in total. The van der Waals surface area contributed by atoms with Gasteiger partial charge in [-0.2, -0.15) is 0 Å². The molecule has 3 amide bonds. The van der Waals surface area contributed by atoms with Crippen LogP contribution in [0.25, 0.3) is 10.8 Å². The summed E-state index contributed by atoms with van der Waals surface area (Å²) in [5, 5.41) is 10.8. The van der Waals surface area contributed by atoms with Gasteiger partial charge in [-0.3, -0.25) is 4.79 Å². The predicted molar refractivity (Wildman–Crippen MR) is 138 cm³/mol. The van der Waals surface area contributed by atoms with E-state index in [1.165, 1.54) is 0 Å². The molecule has 0 bridgehead atoms. The second-order valence-corrected chi connectivity index (χ2v) is 8.34. The normalized spacial score (nSPS) is 13.1. The van der Waals surface area contributed by atoms with E-state index in [0.717, 1.165) is 54.5 Å². The Hall–Kier alpha value is -3.58. The van der Waals surface area contributed by atoms with Crippen LogP contribution in [0.1, 0.15) is 36.5 Å². The number of nitrogens with zero attached hydrogens (tertiary/aromatic N) is 1. The van der Waals surface area contributed by atoms with Gasteiger partial charge in [0, 0.05) is 49.6 Å². The SMILES string of the molecule is CCOCCCNC(=O)c1cc(NC(=O)Nc2cccc3ccccc23)ccc1N1CCCC1. The molecule has 3 aromatic rings. The first kappa shape index (κ1) is 23.6. The van der Waals surface area contributed by atoms with Crippen molar-refractivity contribution in [3.8, 4) is 0 Å². The standard InChI is InChI=1S/C27H32N4O3/c1-2-34-18-8-15-28-26(32)23-19-21(13-14-25(23)31-16-5-6-17-31)29-27(33)30-24-12-7-10-20-9-3-4-11-22(20)24/h3-4,7,9-14,19H,2,5-6,8,15-18H2,1H3,(H,28,32)(H2,29,30,33). The molecular formula is C27H32N4O3. The number of carbonyl (C=O) groups is 2. The third kappa shape index (κ3) is 5.85. The zero-order valence-corrected chi connectivity index (χ0v) is 19.6. The second-order valence-electron chi connectivity index (χ2n) is 8.34. The minimum absolute atomic E-state index is 0.142. The number of carbonyl (C=O) groups excluding carboxylic acids is 2. The van der Waals surface area contributed by atoms with Crippen LogP contribution in [0.5, 0.6) is 0 Å². The lowest BCUT2D eigenvalue weighted by Crippen LogP contribution is -2.29. The minimum atomic E-state index is -0.353. The average Bonchev–Trinajstić information content (AvgIpc) is 3.39. The summed E-state index contributed by atoms with van der Waals surface area (Å²) in [6, 6.07) is 18.9. The lowest BCUT2D eigenvalue weighted by Gasteiger charge is -2.22. The summed E-state index contributed by atoms with van der Waals surface area (Å²) in [5.41, 5.74) is 2.78. The number of nitrogens with one attached hydrogen (secondary N) is 3. The summed E-state index contributed by atoms with van der Waals surface area (Å²) in [6.07, 6.45) is 2.98. The number of anilines is 3. The molecule has 0 saturated carbocycles. The van der Waals surface area contributed by atoms with E-state index in [9.17, 15) is 9.59 Å². The lowest BCUT2D eigenvalue weighted by molar-refractivity contribution is 0.0944. The van der Waals surface area contributed by atoms with Crippen molar-refractivity contribution in [2.24, 2.45) is 0 Å². The van der Waals surface area contributed by atoms with Gasteiger partial charge in [-0.1, -0.05) is 36.4 Å². The first-order valence-corrected chi connectivity index (χ1v) is 12.0. The molecule has 1 aliphatic heterocycles. The molecule has 3 aromatic carbocycles. The molecule has 1 heterocycles. The highest BCUT2D eigenvalue weighted by atomic mass is 16.5. The van der Waals surface area contributed by atoms with E-state index in [4.69, 9.17) is 4.74 Å². The molecular weight excluding hydrogens is 428 g/mol. The first-order chi connectivity index (χ1) is 16.7. The van der Waals surface area contributed by atoms with E-state index in [-0.39, 0.29) is 11.9 Å². The Morgan fingerprint density at radius 1 is 0.971 bits per heavy atom. The van der Waals surface area contributed by atoms with Crippen LogP contribution in [0.15, 0.2) is 60.7 Å². The molecule has 1 fully saturated rings. The summed E-state index contributed by atoms with van der Waals surface area (Å²) in [7, 11) is 0. The van der Waals surface area contributed by atoms with Crippen LogP contribution in [0, 0.1) is 0 Å². The van der Waals surface area contributed by atoms with Crippen molar-refractivity contribution in [2.45, 2.75) is 26.2 Å². The van der Waals surface area contributed by atoms with Crippen molar-refractivity contribution >= 4 is 39.8 Å². The fraction of sp³-hybridized carbons (Fsp3) is 0.333. The molecule has 0 aromatic heterocycles. The van der Waals surface area contributed by atoms with Crippen molar-refractivity contribution in [3.63, 3.8) is 0 Å². The van der Waals surface area contributed by atoms with Gasteiger partial charge in [0.15, 0.2) is 0 Å². The van der Waals surface area contributed by atoms with Gasteiger partial charge in [-0.25, -0.2) is 4.79 Å². The highest BCUT2D eigenvalue weighted by molar-refractivity contribution is 6.07. The number of rotatable bonds is 9. The van der Waals surface area contributed by atoms with E-state index >= 15 is 0 Å². The molecule has 1 aliphatic rings. The van der Waals surface area contributed by atoms with Gasteiger partial charge in [0.25, 0.3) is 5.91 Å². The summed E-state index contributed by atoms with van der Waals surface area (Å²) in [6.45, 7) is 5.64. The van der Waals surface area contributed by atoms with Gasteiger partial charge in [0.05, 0.1) is 11.3 Å². The lowest BCUT2D eigenvalue weighted by atomic mass is 10.1. The van der Waals surface area contributed by atoms with Gasteiger partial charge in [-0.05, 0) is 55.8 Å². The van der Waals surface area contributed by atoms with Crippen molar-refractivity contribution in [1.29, 1.82) is 0 Å². The molecule has 178 valence electrons. The number of amides is 3. The Morgan fingerprint density at radius 3 is 2.59 bits per heavy atom. The van der Waals surface area contributed by atoms with Gasteiger partial charge in [0.1, 0.15) is 0 Å². The van der Waals surface area contributed by atoms with Crippen molar-refractivity contribution in [1.82, 2.24) is 5.32 Å². The van der Waals surface area contributed by atoms with E-state index < -0.39 is 0 Å². The van der Waals surface area contributed by atoms with E-state index in [1.54, 1.807) is 6.07 Å². The zero-order chi connectivity index (χ0) is 23.8. The summed E-state index contributed by atoms with van der Waals surface area (Å²) >= 11 is 0. The van der Waals surface area contributed by atoms with Crippen LogP contribution in [0.4, 0.5) is 21.9 Å². The summed E-state index contributed by atoms with van der Waals surface area (Å²) in [4.78, 5) is 28.0. The van der Waals surface area contributed by atoms with Gasteiger partial charge >= 0.3 is 6.03 Å². The van der Waals surface area contributed by atoms with Crippen LogP contribution in [-0.2, 0) is 4.74 Å². The topological polar surface area (TPSA) is 82.7 Å². The molecule has 7 heteroatoms. The molecule has 0 unspecified atom stereocenters. The molecule has 0 radical (unpaired) electrons. The molecule has 0 aliphatic carbocycles. The number of ether oxygens (including phenoxy) is 1. The predicted octanol–water partition coefficient (Wildman–Crippen LogP) is 5.24. The smallest absolute Gasteiger partial charge is 0.323 e. The Balaban J connectivity index is 1.48. The fourth-order valence-corrected chi connectivity index (χ4v) is 4.26. The van der Waals surface area contributed by atoms with Crippen molar-refractivity contribution < 1.29 is 14.3 Å². The zero-order valence-electron chi connectivity index (χ0n) is 19.6. The highest BCUT2D eigenvalue weighted by Crippen LogP contribution is 2.28. The first-order valence-electron chi connectivity index (χ1n) is 12.0. The molecule has 0 spiro atoms. The number of fused-ring (bicyclic) bond motifs is 1. The van der Waals surface area contributed by atoms with E-state index in [2.05, 4.69) is 20.9 Å². The molecule has 3 N–H and O–H groups in total. The second kappa shape index (κ2) is 11.5. The third-order valence-electron chi connectivity index (χ3n) is 5.94. The molecule has 0 atom stereocenters. The van der Waals surface area contributed by atoms with Crippen LogP contribution < -0.4 is 20.9 Å². The third-order valence-corrected chi connectivity index (χ3v) is 5.94. The number of hydrogen-bond acceptors (Lipinski definition) is 4. The summed E-state index contributed by atoms with van der Waals surface area (Å²) < 4.78 is 5.35. The molecule has 34 heavy (non-hydrogen) atoms. The van der Waals surface area contributed by atoms with Gasteiger partial charge < -0.3 is 25.6 Å².